The van der Waals surface area contributed by atoms with E-state index < -0.39 is 11.6 Å². The predicted molar refractivity (Wildman–Crippen MR) is 193 cm³/mol. The molecule has 5 heteroatoms. The summed E-state index contributed by atoms with van der Waals surface area (Å²) >= 11 is 0. The Bertz CT molecular complexity index is 2360. The highest BCUT2D eigenvalue weighted by atomic mass is 16.5. The predicted octanol–water partition coefficient (Wildman–Crippen LogP) is 9.91. The zero-order chi connectivity index (χ0) is 32.4. The smallest absolute Gasteiger partial charge is 0.201 e. The number of para-hydroxylation sites is 1. The van der Waals surface area contributed by atoms with E-state index in [9.17, 15) is 0 Å². The van der Waals surface area contributed by atoms with Crippen molar-refractivity contribution in [2.24, 2.45) is 9.98 Å². The third-order valence-corrected chi connectivity index (χ3v) is 9.85. The molecular formula is C44H29N3O2. The molecule has 1 aliphatic carbocycles. The van der Waals surface area contributed by atoms with Crippen LogP contribution in [0.4, 0.5) is 0 Å². The number of rotatable bonds is 4. The lowest BCUT2D eigenvalue weighted by atomic mass is 9.66. The molecule has 0 atom stereocenters. The second-order valence-corrected chi connectivity index (χ2v) is 12.5. The van der Waals surface area contributed by atoms with Gasteiger partial charge in [0.2, 0.25) is 6.17 Å². The van der Waals surface area contributed by atoms with E-state index in [1.54, 1.807) is 0 Å². The number of benzene rings is 6. The van der Waals surface area contributed by atoms with E-state index in [1.165, 1.54) is 22.3 Å². The number of hydrogen-bond donors (Lipinski definition) is 1. The van der Waals surface area contributed by atoms with Crippen LogP contribution in [0.5, 0.6) is 11.5 Å². The van der Waals surface area contributed by atoms with Gasteiger partial charge in [-0.2, -0.15) is 0 Å². The number of aliphatic imine (C=N–C) groups is 2. The van der Waals surface area contributed by atoms with E-state index in [-0.39, 0.29) is 0 Å². The molecule has 1 aromatic heterocycles. The maximum Gasteiger partial charge on any atom is 0.201 e. The van der Waals surface area contributed by atoms with Gasteiger partial charge in [-0.1, -0.05) is 127 Å². The van der Waals surface area contributed by atoms with Crippen molar-refractivity contribution in [3.8, 4) is 33.9 Å². The summed E-state index contributed by atoms with van der Waals surface area (Å²) in [7, 11) is 0. The molecule has 10 rings (SSSR count). The Kier molecular flexibility index (Phi) is 6.09. The standard InChI is InChI=1S/C44H29N3O2/c1-3-13-28(14-4-1)41-45-42(29-15-5-2-6-16-29)47-43(46-41)40-26-25-37(48-40)30-23-24-39-36(27-30)44(35-21-11-12-22-38(35)49-39)33-19-9-7-17-31(33)32-18-8-10-20-34(32)44/h1-27,43H,(H,45,46,47). The summed E-state index contributed by atoms with van der Waals surface area (Å²) in [4.78, 5) is 10.0. The first kappa shape index (κ1) is 27.6. The average Bonchev–Trinajstić information content (AvgIpc) is 3.79. The number of ether oxygens (including phenoxy) is 1. The fraction of sp³-hybridized carbons (Fsp3) is 0.0455. The third kappa shape index (κ3) is 4.19. The molecule has 0 fully saturated rings. The van der Waals surface area contributed by atoms with Crippen molar-refractivity contribution in [1.29, 1.82) is 0 Å². The molecule has 232 valence electrons. The molecule has 0 saturated heterocycles. The molecule has 3 aliphatic rings. The lowest BCUT2D eigenvalue weighted by Gasteiger charge is -2.39. The molecule has 2 aliphatic heterocycles. The molecule has 1 N–H and O–H groups in total. The van der Waals surface area contributed by atoms with Gasteiger partial charge >= 0.3 is 0 Å². The van der Waals surface area contributed by atoms with Crippen molar-refractivity contribution >= 4 is 11.7 Å². The number of fused-ring (bicyclic) bond motifs is 9. The Morgan fingerprint density at radius 2 is 1.02 bits per heavy atom. The summed E-state index contributed by atoms with van der Waals surface area (Å²) < 4.78 is 13.3. The van der Waals surface area contributed by atoms with Gasteiger partial charge in [-0.25, -0.2) is 9.98 Å². The third-order valence-electron chi connectivity index (χ3n) is 9.85. The Hall–Kier alpha value is -6.46. The molecule has 6 aromatic carbocycles. The highest BCUT2D eigenvalue weighted by molar-refractivity contribution is 6.15. The lowest BCUT2D eigenvalue weighted by molar-refractivity contribution is 0.436. The summed E-state index contributed by atoms with van der Waals surface area (Å²) in [6, 6.07) is 56.6. The minimum absolute atomic E-state index is 0.540. The van der Waals surface area contributed by atoms with Crippen molar-refractivity contribution in [2.75, 3.05) is 0 Å². The van der Waals surface area contributed by atoms with E-state index in [2.05, 4.69) is 90.2 Å². The number of nitrogens with one attached hydrogen (secondary N) is 1. The monoisotopic (exact) mass is 631 g/mol. The van der Waals surface area contributed by atoms with Gasteiger partial charge in [0.25, 0.3) is 0 Å². The average molecular weight is 632 g/mol. The first-order valence-electron chi connectivity index (χ1n) is 16.5. The van der Waals surface area contributed by atoms with Crippen LogP contribution < -0.4 is 10.1 Å². The van der Waals surface area contributed by atoms with E-state index in [0.29, 0.717) is 5.76 Å². The fourth-order valence-corrected chi connectivity index (χ4v) is 7.72. The molecule has 7 aromatic rings. The zero-order valence-electron chi connectivity index (χ0n) is 26.4. The van der Waals surface area contributed by atoms with Crippen LogP contribution in [0.2, 0.25) is 0 Å². The van der Waals surface area contributed by atoms with Gasteiger partial charge in [-0.15, -0.1) is 0 Å². The number of amidine groups is 2. The molecule has 1 spiro atoms. The number of furan rings is 1. The molecule has 0 bridgehead atoms. The first-order valence-corrected chi connectivity index (χ1v) is 16.5. The van der Waals surface area contributed by atoms with Crippen molar-refractivity contribution in [3.05, 3.63) is 203 Å². The van der Waals surface area contributed by atoms with Crippen molar-refractivity contribution in [1.82, 2.24) is 5.32 Å². The van der Waals surface area contributed by atoms with Crippen LogP contribution in [0.25, 0.3) is 22.5 Å². The molecule has 5 nitrogen and oxygen atoms in total. The Morgan fingerprint density at radius 3 is 1.67 bits per heavy atom. The molecule has 3 heterocycles. The Balaban J connectivity index is 1.11. The largest absolute Gasteiger partial charge is 0.457 e. The van der Waals surface area contributed by atoms with Crippen molar-refractivity contribution in [2.45, 2.75) is 11.6 Å². The van der Waals surface area contributed by atoms with Crippen LogP contribution in [-0.4, -0.2) is 11.7 Å². The van der Waals surface area contributed by atoms with Gasteiger partial charge < -0.3 is 14.5 Å². The molecule has 49 heavy (non-hydrogen) atoms. The minimum Gasteiger partial charge on any atom is -0.457 e. The highest BCUT2D eigenvalue weighted by Gasteiger charge is 2.51. The van der Waals surface area contributed by atoms with Crippen LogP contribution in [0.3, 0.4) is 0 Å². The molecular weight excluding hydrogens is 603 g/mol. The second-order valence-electron chi connectivity index (χ2n) is 12.5. The Labute approximate surface area is 283 Å². The lowest BCUT2D eigenvalue weighted by Crippen LogP contribution is -2.35. The number of hydrogen-bond acceptors (Lipinski definition) is 5. The summed E-state index contributed by atoms with van der Waals surface area (Å²) in [6.45, 7) is 0. The Morgan fingerprint density at radius 1 is 0.469 bits per heavy atom. The first-order chi connectivity index (χ1) is 24.3. The van der Waals surface area contributed by atoms with Crippen LogP contribution in [0, 0.1) is 0 Å². The van der Waals surface area contributed by atoms with Gasteiger partial charge in [0.1, 0.15) is 28.9 Å². The summed E-state index contributed by atoms with van der Waals surface area (Å²) in [6.07, 6.45) is -0.548. The normalized spacial score (nSPS) is 15.2. The maximum atomic E-state index is 6.65. The van der Waals surface area contributed by atoms with Crippen molar-refractivity contribution < 1.29 is 9.15 Å². The van der Waals surface area contributed by atoms with Crippen LogP contribution in [0.15, 0.2) is 178 Å². The van der Waals surface area contributed by atoms with Crippen molar-refractivity contribution in [3.63, 3.8) is 0 Å². The van der Waals surface area contributed by atoms with Gasteiger partial charge in [-0.05, 0) is 58.7 Å². The topological polar surface area (TPSA) is 59.1 Å². The van der Waals surface area contributed by atoms with Crippen LogP contribution >= 0.6 is 0 Å². The summed E-state index contributed by atoms with van der Waals surface area (Å²) in [5.74, 6) is 4.64. The van der Waals surface area contributed by atoms with Gasteiger partial charge in [-0.3, -0.25) is 0 Å². The number of nitrogens with zero attached hydrogens (tertiary/aromatic N) is 2. The van der Waals surface area contributed by atoms with E-state index in [1.807, 2.05) is 78.9 Å². The van der Waals surface area contributed by atoms with E-state index in [0.717, 1.165) is 56.7 Å². The van der Waals surface area contributed by atoms with Crippen LogP contribution in [0.1, 0.15) is 45.3 Å². The molecule has 0 radical (unpaired) electrons. The maximum absolute atomic E-state index is 6.65. The molecule has 0 unspecified atom stereocenters. The van der Waals surface area contributed by atoms with Gasteiger partial charge in [0.05, 0.1) is 5.41 Å². The summed E-state index contributed by atoms with van der Waals surface area (Å²) in [5.41, 5.74) is 9.63. The van der Waals surface area contributed by atoms with E-state index in [4.69, 9.17) is 19.1 Å². The van der Waals surface area contributed by atoms with Gasteiger partial charge in [0, 0.05) is 27.8 Å². The van der Waals surface area contributed by atoms with Crippen LogP contribution in [-0.2, 0) is 5.41 Å². The fourth-order valence-electron chi connectivity index (χ4n) is 7.72. The zero-order valence-corrected chi connectivity index (χ0v) is 26.4. The molecule has 0 saturated carbocycles. The minimum atomic E-state index is -0.548. The molecule has 0 amide bonds. The SMILES string of the molecule is c1ccc(C2=NC(c3ccc(-c4ccc5c(c4)C4(c6ccccc6O5)c5ccccc5-c5ccccc54)o3)N=C(c3ccccc3)N2)cc1. The quantitative estimate of drug-likeness (QED) is 0.210. The second kappa shape index (κ2) is 10.8. The van der Waals surface area contributed by atoms with E-state index >= 15 is 0 Å². The highest BCUT2D eigenvalue weighted by Crippen LogP contribution is 2.62. The summed E-state index contributed by atoms with van der Waals surface area (Å²) in [5, 5.41) is 3.46. The van der Waals surface area contributed by atoms with Gasteiger partial charge in [0.15, 0.2) is 5.76 Å².